The Morgan fingerprint density at radius 1 is 1.21 bits per heavy atom. The number of nitrogens with zero attached hydrogens (tertiary/aromatic N) is 1. The maximum Gasteiger partial charge on any atom is 0.491 e. The zero-order valence-electron chi connectivity index (χ0n) is 8.56. The molecule has 6 heteroatoms. The molecule has 0 heterocycles. The second kappa shape index (κ2) is 5.60. The highest BCUT2D eigenvalue weighted by atomic mass is 79.9. The maximum absolute atomic E-state index is 13.2. The van der Waals surface area contributed by atoms with Crippen LogP contribution in [0.2, 0.25) is 0 Å². The van der Waals surface area contributed by atoms with Crippen LogP contribution in [0, 0.1) is 0 Å². The van der Waals surface area contributed by atoms with E-state index in [1.54, 1.807) is 20.8 Å². The van der Waals surface area contributed by atoms with E-state index < -0.39 is 16.5 Å². The molecule has 0 aliphatic heterocycles. The van der Waals surface area contributed by atoms with Crippen LogP contribution in [0.5, 0.6) is 0 Å². The van der Waals surface area contributed by atoms with Crippen molar-refractivity contribution in [1.82, 2.24) is 0 Å². The standard InChI is InChI=1S/C8H15F2NO2.BrH/c1-4-11(5-2,6-3)8(9,10)7(12)13;/h4-6H2,1-3H3;1H. The van der Waals surface area contributed by atoms with Gasteiger partial charge < -0.3 is 22.1 Å². The van der Waals surface area contributed by atoms with E-state index in [9.17, 15) is 13.6 Å². The summed E-state index contributed by atoms with van der Waals surface area (Å²) in [4.78, 5) is 10.4. The van der Waals surface area contributed by atoms with Gasteiger partial charge in [-0.1, -0.05) is 0 Å². The summed E-state index contributed by atoms with van der Waals surface area (Å²) in [7, 11) is 0. The first-order valence-corrected chi connectivity index (χ1v) is 4.35. The third kappa shape index (κ3) is 2.42. The van der Waals surface area contributed by atoms with Gasteiger partial charge in [0.15, 0.2) is 0 Å². The van der Waals surface area contributed by atoms with Gasteiger partial charge in [0, 0.05) is 0 Å². The Hall–Kier alpha value is -0.230. The van der Waals surface area contributed by atoms with E-state index >= 15 is 0 Å². The van der Waals surface area contributed by atoms with Gasteiger partial charge in [-0.25, -0.2) is 4.79 Å². The van der Waals surface area contributed by atoms with Crippen LogP contribution in [0.4, 0.5) is 8.78 Å². The van der Waals surface area contributed by atoms with Crippen LogP contribution in [0.25, 0.3) is 0 Å². The fourth-order valence-electron chi connectivity index (χ4n) is 1.47. The Kier molecular flexibility index (Phi) is 6.49. The van der Waals surface area contributed by atoms with Gasteiger partial charge in [-0.2, -0.15) is 0 Å². The molecule has 0 aromatic heterocycles. The van der Waals surface area contributed by atoms with Gasteiger partial charge in [-0.15, -0.1) is 8.78 Å². The first-order chi connectivity index (χ1) is 5.88. The summed E-state index contributed by atoms with van der Waals surface area (Å²) in [5.74, 6) is -2.04. The SMILES string of the molecule is CC[N+](CC)(CC)C(F)(F)C(=O)O.[Br-]. The number of carbonyl (C=O) groups is 1. The predicted molar refractivity (Wildman–Crippen MR) is 44.5 cm³/mol. The molecule has 0 fully saturated rings. The van der Waals surface area contributed by atoms with Gasteiger partial charge in [0.2, 0.25) is 0 Å². The monoisotopic (exact) mass is 275 g/mol. The number of aliphatic carboxylic acids is 1. The van der Waals surface area contributed by atoms with E-state index in [1.165, 1.54) is 0 Å². The Morgan fingerprint density at radius 3 is 1.57 bits per heavy atom. The number of carboxylic acid groups (broad SMARTS) is 1. The Balaban J connectivity index is 0. The van der Waals surface area contributed by atoms with Crippen molar-refractivity contribution in [2.45, 2.75) is 26.8 Å². The quantitative estimate of drug-likeness (QED) is 0.492. The molecule has 0 aliphatic rings. The molecule has 14 heavy (non-hydrogen) atoms. The fourth-order valence-corrected chi connectivity index (χ4v) is 1.47. The number of alkyl halides is 2. The minimum absolute atomic E-state index is 0. The summed E-state index contributed by atoms with van der Waals surface area (Å²) in [5.41, 5.74) is 0. The maximum atomic E-state index is 13.2. The number of rotatable bonds is 5. The van der Waals surface area contributed by atoms with Gasteiger partial charge in [-0.05, 0) is 20.8 Å². The summed E-state index contributed by atoms with van der Waals surface area (Å²) in [6.45, 7) is 5.07. The van der Waals surface area contributed by atoms with E-state index in [1.807, 2.05) is 0 Å². The summed E-state index contributed by atoms with van der Waals surface area (Å²) in [5, 5.41) is 8.40. The lowest BCUT2D eigenvalue weighted by atomic mass is 10.3. The minimum atomic E-state index is -3.68. The number of quaternary nitrogens is 1. The van der Waals surface area contributed by atoms with Crippen molar-refractivity contribution in [2.75, 3.05) is 19.6 Å². The Labute approximate surface area is 93.1 Å². The summed E-state index contributed by atoms with van der Waals surface area (Å²) in [6, 6.07) is -3.68. The molecular formula is C8H16BrF2NO2. The molecule has 0 saturated carbocycles. The molecule has 0 radical (unpaired) electrons. The second-order valence-electron chi connectivity index (χ2n) is 2.94. The third-order valence-electron chi connectivity index (χ3n) is 2.67. The van der Waals surface area contributed by atoms with Crippen molar-refractivity contribution in [1.29, 1.82) is 0 Å². The van der Waals surface area contributed by atoms with Gasteiger partial charge >= 0.3 is 12.0 Å². The number of halogens is 3. The van der Waals surface area contributed by atoms with E-state index in [4.69, 9.17) is 5.11 Å². The van der Waals surface area contributed by atoms with Crippen LogP contribution in [-0.2, 0) is 4.79 Å². The molecule has 0 bridgehead atoms. The molecule has 0 spiro atoms. The molecule has 0 atom stereocenters. The van der Waals surface area contributed by atoms with Gasteiger partial charge in [0.05, 0.1) is 19.6 Å². The van der Waals surface area contributed by atoms with Crippen molar-refractivity contribution in [3.63, 3.8) is 0 Å². The highest BCUT2D eigenvalue weighted by Crippen LogP contribution is 2.28. The molecule has 0 amide bonds. The van der Waals surface area contributed by atoms with Crippen molar-refractivity contribution in [3.05, 3.63) is 0 Å². The van der Waals surface area contributed by atoms with Crippen LogP contribution in [0.15, 0.2) is 0 Å². The summed E-state index contributed by atoms with van der Waals surface area (Å²) >= 11 is 0. The highest BCUT2D eigenvalue weighted by molar-refractivity contribution is 5.73. The normalized spacial score (nSPS) is 12.1. The van der Waals surface area contributed by atoms with Crippen molar-refractivity contribution < 1.29 is 40.1 Å². The number of carboxylic acids is 1. The van der Waals surface area contributed by atoms with Gasteiger partial charge in [0.1, 0.15) is 0 Å². The first kappa shape index (κ1) is 16.2. The van der Waals surface area contributed by atoms with Crippen LogP contribution in [0.3, 0.4) is 0 Å². The van der Waals surface area contributed by atoms with E-state index in [0.717, 1.165) is 0 Å². The topological polar surface area (TPSA) is 37.3 Å². The molecule has 86 valence electrons. The molecule has 0 saturated heterocycles. The molecule has 3 nitrogen and oxygen atoms in total. The van der Waals surface area contributed by atoms with Gasteiger partial charge in [0.25, 0.3) is 0 Å². The minimum Gasteiger partial charge on any atom is -1.00 e. The largest absolute Gasteiger partial charge is 1.00 e. The Morgan fingerprint density at radius 2 is 1.50 bits per heavy atom. The van der Waals surface area contributed by atoms with Crippen molar-refractivity contribution in [2.24, 2.45) is 0 Å². The molecule has 0 unspecified atom stereocenters. The smallest absolute Gasteiger partial charge is 0.491 e. The molecule has 0 rings (SSSR count). The molecule has 0 aliphatic carbocycles. The highest BCUT2D eigenvalue weighted by Gasteiger charge is 2.57. The average Bonchev–Trinajstić information content (AvgIpc) is 2.08. The average molecular weight is 276 g/mol. The van der Waals surface area contributed by atoms with Crippen LogP contribution in [-0.4, -0.2) is 41.2 Å². The van der Waals surface area contributed by atoms with E-state index in [-0.39, 0.29) is 36.6 Å². The number of hydrogen-bond donors (Lipinski definition) is 1. The molecule has 1 N–H and O–H groups in total. The van der Waals surface area contributed by atoms with Crippen LogP contribution in [0.1, 0.15) is 20.8 Å². The molecule has 0 aromatic rings. The number of likely N-dealkylation sites (N-methyl/N-ethyl adjacent to an activating group) is 1. The Bertz CT molecular complexity index is 188. The van der Waals surface area contributed by atoms with E-state index in [0.29, 0.717) is 0 Å². The van der Waals surface area contributed by atoms with Gasteiger partial charge in [-0.3, -0.25) is 4.48 Å². The lowest BCUT2D eigenvalue weighted by Gasteiger charge is -2.38. The fraction of sp³-hybridized carbons (Fsp3) is 0.875. The summed E-state index contributed by atoms with van der Waals surface area (Å²) < 4.78 is 25.8. The predicted octanol–water partition coefficient (Wildman–Crippen LogP) is -1.46. The number of hydrogen-bond acceptors (Lipinski definition) is 1. The molecular weight excluding hydrogens is 260 g/mol. The van der Waals surface area contributed by atoms with Crippen molar-refractivity contribution in [3.8, 4) is 0 Å². The second-order valence-corrected chi connectivity index (χ2v) is 2.94. The van der Waals surface area contributed by atoms with Crippen LogP contribution >= 0.6 is 0 Å². The zero-order valence-corrected chi connectivity index (χ0v) is 10.1. The lowest BCUT2D eigenvalue weighted by molar-refractivity contribution is -0.994. The van der Waals surface area contributed by atoms with Crippen LogP contribution < -0.4 is 17.0 Å². The zero-order chi connectivity index (χ0) is 10.7. The van der Waals surface area contributed by atoms with E-state index in [2.05, 4.69) is 0 Å². The van der Waals surface area contributed by atoms with Crippen molar-refractivity contribution >= 4 is 5.97 Å². The lowest BCUT2D eigenvalue weighted by Crippen LogP contribution is -3.00. The third-order valence-corrected chi connectivity index (χ3v) is 2.67. The molecule has 0 aromatic carbocycles. The first-order valence-electron chi connectivity index (χ1n) is 4.35. The summed E-state index contributed by atoms with van der Waals surface area (Å²) in [6.07, 6.45) is 0.